The highest BCUT2D eigenvalue weighted by molar-refractivity contribution is 5.18. The molecule has 1 fully saturated rings. The van der Waals surface area contributed by atoms with Crippen LogP contribution in [-0.2, 0) is 13.0 Å². The summed E-state index contributed by atoms with van der Waals surface area (Å²) in [6.45, 7) is 8.78. The first-order valence-electron chi connectivity index (χ1n) is 7.48. The lowest BCUT2D eigenvalue weighted by Gasteiger charge is -2.14. The quantitative estimate of drug-likeness (QED) is 0.838. The molecule has 0 aliphatic heterocycles. The van der Waals surface area contributed by atoms with E-state index in [9.17, 15) is 0 Å². The average Bonchev–Trinajstić information content (AvgIpc) is 2.95. The van der Waals surface area contributed by atoms with E-state index in [1.807, 2.05) is 0 Å². The molecule has 3 heteroatoms. The molecule has 3 nitrogen and oxygen atoms in total. The predicted molar refractivity (Wildman–Crippen MR) is 75.7 cm³/mol. The molecule has 0 spiro atoms. The largest absolute Gasteiger partial charge is 0.312 e. The molecule has 0 bridgehead atoms. The van der Waals surface area contributed by atoms with Gasteiger partial charge < -0.3 is 5.32 Å². The van der Waals surface area contributed by atoms with Gasteiger partial charge >= 0.3 is 0 Å². The zero-order valence-corrected chi connectivity index (χ0v) is 12.1. The Labute approximate surface area is 111 Å². The Morgan fingerprint density at radius 3 is 2.72 bits per heavy atom. The van der Waals surface area contributed by atoms with Crippen LogP contribution in [0.2, 0.25) is 0 Å². The summed E-state index contributed by atoms with van der Waals surface area (Å²) in [4.78, 5) is 0. The first kappa shape index (κ1) is 13.6. The second-order valence-electron chi connectivity index (χ2n) is 5.88. The fourth-order valence-electron chi connectivity index (χ4n) is 2.92. The summed E-state index contributed by atoms with van der Waals surface area (Å²) in [5, 5.41) is 8.17. The second kappa shape index (κ2) is 6.37. The van der Waals surface area contributed by atoms with E-state index in [1.165, 1.54) is 36.9 Å². The zero-order chi connectivity index (χ0) is 13.0. The molecule has 1 aromatic heterocycles. The lowest BCUT2D eigenvalue weighted by atomic mass is 10.1. The molecule has 1 saturated carbocycles. The van der Waals surface area contributed by atoms with Gasteiger partial charge in [-0.15, -0.1) is 0 Å². The van der Waals surface area contributed by atoms with Gasteiger partial charge in [0.25, 0.3) is 0 Å². The van der Waals surface area contributed by atoms with Crippen LogP contribution in [0.5, 0.6) is 0 Å². The number of aromatic nitrogens is 2. The molecule has 1 aromatic rings. The molecule has 1 N–H and O–H groups in total. The van der Waals surface area contributed by atoms with Crippen LogP contribution in [0.4, 0.5) is 0 Å². The SMILES string of the molecule is CCc1c(CNCC(C)C)cnn1C1CCCC1. The van der Waals surface area contributed by atoms with E-state index in [-0.39, 0.29) is 0 Å². The van der Waals surface area contributed by atoms with Gasteiger partial charge in [0, 0.05) is 17.8 Å². The van der Waals surface area contributed by atoms with Crippen molar-refractivity contribution in [3.63, 3.8) is 0 Å². The number of hydrogen-bond acceptors (Lipinski definition) is 2. The van der Waals surface area contributed by atoms with Crippen molar-refractivity contribution < 1.29 is 0 Å². The minimum atomic E-state index is 0.666. The van der Waals surface area contributed by atoms with E-state index in [0.29, 0.717) is 12.0 Å². The molecule has 1 aliphatic carbocycles. The van der Waals surface area contributed by atoms with E-state index in [4.69, 9.17) is 0 Å². The number of hydrogen-bond donors (Lipinski definition) is 1. The number of nitrogens with one attached hydrogen (secondary N) is 1. The Kier molecular flexibility index (Phi) is 4.81. The van der Waals surface area contributed by atoms with Gasteiger partial charge in [0.2, 0.25) is 0 Å². The summed E-state index contributed by atoms with van der Waals surface area (Å²) in [5.41, 5.74) is 2.84. The van der Waals surface area contributed by atoms with E-state index in [2.05, 4.69) is 42.1 Å². The molecule has 0 atom stereocenters. The Hall–Kier alpha value is -0.830. The fraction of sp³-hybridized carbons (Fsp3) is 0.800. The van der Waals surface area contributed by atoms with Crippen molar-refractivity contribution in [3.05, 3.63) is 17.5 Å². The Balaban J connectivity index is 2.02. The highest BCUT2D eigenvalue weighted by atomic mass is 15.3. The Morgan fingerprint density at radius 1 is 1.39 bits per heavy atom. The van der Waals surface area contributed by atoms with Gasteiger partial charge in [-0.1, -0.05) is 33.6 Å². The van der Waals surface area contributed by atoms with Crippen LogP contribution in [0.1, 0.15) is 63.8 Å². The van der Waals surface area contributed by atoms with Crippen molar-refractivity contribution in [2.75, 3.05) is 6.54 Å². The number of rotatable bonds is 6. The van der Waals surface area contributed by atoms with Gasteiger partial charge in [-0.2, -0.15) is 5.10 Å². The molecular formula is C15H27N3. The first-order chi connectivity index (χ1) is 8.72. The van der Waals surface area contributed by atoms with Crippen molar-refractivity contribution in [2.45, 2.75) is 65.5 Å². The summed E-state index contributed by atoms with van der Waals surface area (Å²) < 4.78 is 2.30. The predicted octanol–water partition coefficient (Wildman–Crippen LogP) is 3.31. The average molecular weight is 249 g/mol. The Morgan fingerprint density at radius 2 is 2.11 bits per heavy atom. The van der Waals surface area contributed by atoms with Crippen LogP contribution in [-0.4, -0.2) is 16.3 Å². The van der Waals surface area contributed by atoms with Crippen molar-refractivity contribution >= 4 is 0 Å². The van der Waals surface area contributed by atoms with E-state index < -0.39 is 0 Å². The third kappa shape index (κ3) is 3.14. The molecule has 2 rings (SSSR count). The van der Waals surface area contributed by atoms with Crippen molar-refractivity contribution in [1.82, 2.24) is 15.1 Å². The summed E-state index contributed by atoms with van der Waals surface area (Å²) in [5.74, 6) is 0.708. The van der Waals surface area contributed by atoms with Crippen molar-refractivity contribution in [1.29, 1.82) is 0 Å². The third-order valence-electron chi connectivity index (χ3n) is 3.86. The van der Waals surface area contributed by atoms with Gasteiger partial charge in [-0.3, -0.25) is 4.68 Å². The lowest BCUT2D eigenvalue weighted by Crippen LogP contribution is -2.20. The van der Waals surface area contributed by atoms with Crippen LogP contribution in [0.15, 0.2) is 6.20 Å². The summed E-state index contributed by atoms with van der Waals surface area (Å²) >= 11 is 0. The zero-order valence-electron chi connectivity index (χ0n) is 12.1. The van der Waals surface area contributed by atoms with Gasteiger partial charge in [0.05, 0.1) is 12.2 Å². The molecule has 102 valence electrons. The molecule has 0 aromatic carbocycles. The maximum atomic E-state index is 4.64. The smallest absolute Gasteiger partial charge is 0.0537 e. The van der Waals surface area contributed by atoms with Crippen molar-refractivity contribution in [2.24, 2.45) is 5.92 Å². The van der Waals surface area contributed by atoms with E-state index in [0.717, 1.165) is 19.5 Å². The lowest BCUT2D eigenvalue weighted by molar-refractivity contribution is 0.450. The molecule has 0 amide bonds. The van der Waals surface area contributed by atoms with Gasteiger partial charge in [0.15, 0.2) is 0 Å². The molecule has 0 radical (unpaired) electrons. The molecule has 1 heterocycles. The molecule has 18 heavy (non-hydrogen) atoms. The van der Waals surface area contributed by atoms with Crippen LogP contribution < -0.4 is 5.32 Å². The maximum Gasteiger partial charge on any atom is 0.0537 e. The first-order valence-corrected chi connectivity index (χ1v) is 7.48. The van der Waals surface area contributed by atoms with Crippen LogP contribution in [0.3, 0.4) is 0 Å². The van der Waals surface area contributed by atoms with Crippen LogP contribution in [0, 0.1) is 5.92 Å². The molecule has 1 aliphatic rings. The fourth-order valence-corrected chi connectivity index (χ4v) is 2.92. The Bertz CT molecular complexity index is 362. The van der Waals surface area contributed by atoms with Gasteiger partial charge in [-0.25, -0.2) is 0 Å². The molecule has 0 unspecified atom stereocenters. The highest BCUT2D eigenvalue weighted by Gasteiger charge is 2.21. The third-order valence-corrected chi connectivity index (χ3v) is 3.86. The minimum Gasteiger partial charge on any atom is -0.312 e. The summed E-state index contributed by atoms with van der Waals surface area (Å²) in [6.07, 6.45) is 8.53. The maximum absolute atomic E-state index is 4.64. The normalized spacial score (nSPS) is 16.9. The number of nitrogens with zero attached hydrogens (tertiary/aromatic N) is 2. The standard InChI is InChI=1S/C15H27N3/c1-4-15-13(10-16-9-12(2)3)11-17-18(15)14-7-5-6-8-14/h11-12,14,16H,4-10H2,1-3H3. The van der Waals surface area contributed by atoms with E-state index in [1.54, 1.807) is 0 Å². The minimum absolute atomic E-state index is 0.666. The van der Waals surface area contributed by atoms with Crippen molar-refractivity contribution in [3.8, 4) is 0 Å². The highest BCUT2D eigenvalue weighted by Crippen LogP contribution is 2.30. The summed E-state index contributed by atoms with van der Waals surface area (Å²) in [7, 11) is 0. The molecule has 0 saturated heterocycles. The topological polar surface area (TPSA) is 29.9 Å². The van der Waals surface area contributed by atoms with Crippen LogP contribution >= 0.6 is 0 Å². The monoisotopic (exact) mass is 249 g/mol. The van der Waals surface area contributed by atoms with Gasteiger partial charge in [0.1, 0.15) is 0 Å². The summed E-state index contributed by atoms with van der Waals surface area (Å²) in [6, 6.07) is 0.666. The van der Waals surface area contributed by atoms with Gasteiger partial charge in [-0.05, 0) is 31.7 Å². The second-order valence-corrected chi connectivity index (χ2v) is 5.88. The van der Waals surface area contributed by atoms with E-state index >= 15 is 0 Å². The van der Waals surface area contributed by atoms with Crippen LogP contribution in [0.25, 0.3) is 0 Å². The molecular weight excluding hydrogens is 222 g/mol.